The van der Waals surface area contributed by atoms with E-state index in [0.717, 1.165) is 18.4 Å². The Balaban J connectivity index is 1.59. The van der Waals surface area contributed by atoms with E-state index in [-0.39, 0.29) is 28.6 Å². The van der Waals surface area contributed by atoms with Crippen LogP contribution in [0.4, 0.5) is 0 Å². The van der Waals surface area contributed by atoms with Crippen LogP contribution in [0.2, 0.25) is 0 Å². The van der Waals surface area contributed by atoms with Crippen LogP contribution in [-0.4, -0.2) is 41.7 Å². The Labute approximate surface area is 175 Å². The number of amides is 3. The smallest absolute Gasteiger partial charge is 0.338 e. The van der Waals surface area contributed by atoms with Gasteiger partial charge in [-0.2, -0.15) is 0 Å². The van der Waals surface area contributed by atoms with E-state index in [1.165, 1.54) is 23.1 Å². The summed E-state index contributed by atoms with van der Waals surface area (Å²) in [6.45, 7) is 3.72. The van der Waals surface area contributed by atoms with E-state index >= 15 is 0 Å². The molecule has 3 amide bonds. The number of carbonyl (C=O) groups is 4. The minimum absolute atomic E-state index is 0.121. The molecule has 0 saturated carbocycles. The van der Waals surface area contributed by atoms with Crippen LogP contribution in [0.25, 0.3) is 0 Å². The lowest BCUT2D eigenvalue weighted by Gasteiger charge is -2.14. The van der Waals surface area contributed by atoms with Crippen LogP contribution in [0, 0.1) is 0 Å². The summed E-state index contributed by atoms with van der Waals surface area (Å²) in [5, 5.41) is 2.76. The molecule has 0 aliphatic carbocycles. The van der Waals surface area contributed by atoms with Gasteiger partial charge < -0.3 is 10.1 Å². The average molecular weight is 408 g/mol. The summed E-state index contributed by atoms with van der Waals surface area (Å²) in [7, 11) is 0. The molecule has 3 rings (SSSR count). The fraction of sp³-hybridized carbons (Fsp3) is 0.304. The molecule has 156 valence electrons. The molecule has 1 heterocycles. The minimum Gasteiger partial charge on any atom is -0.452 e. The Kier molecular flexibility index (Phi) is 6.61. The summed E-state index contributed by atoms with van der Waals surface area (Å²) in [4.78, 5) is 50.5. The molecular weight excluding hydrogens is 384 g/mol. The number of hydrogen-bond acceptors (Lipinski definition) is 5. The topological polar surface area (TPSA) is 92.8 Å². The number of esters is 1. The molecule has 2 aromatic carbocycles. The molecule has 1 atom stereocenters. The lowest BCUT2D eigenvalue weighted by molar-refractivity contribution is -0.124. The highest BCUT2D eigenvalue weighted by molar-refractivity contribution is 6.21. The van der Waals surface area contributed by atoms with Crippen molar-refractivity contribution < 1.29 is 23.9 Å². The van der Waals surface area contributed by atoms with Gasteiger partial charge in [0.05, 0.1) is 22.7 Å². The molecule has 0 fully saturated rings. The van der Waals surface area contributed by atoms with Gasteiger partial charge in [0, 0.05) is 6.54 Å². The summed E-state index contributed by atoms with van der Waals surface area (Å²) in [6, 6.07) is 13.4. The largest absolute Gasteiger partial charge is 0.452 e. The van der Waals surface area contributed by atoms with Gasteiger partial charge in [0.1, 0.15) is 0 Å². The van der Waals surface area contributed by atoms with Crippen LogP contribution in [0.5, 0.6) is 0 Å². The highest BCUT2D eigenvalue weighted by Crippen LogP contribution is 2.24. The number of hydrogen-bond donors (Lipinski definition) is 1. The SMILES string of the molecule is CCCCN1C(=O)c2ccc(C(=O)OCC(=O)N[C@H](C)c3ccccc3)cc2C1=O. The molecule has 1 aliphatic rings. The van der Waals surface area contributed by atoms with Crippen molar-refractivity contribution in [3.63, 3.8) is 0 Å². The minimum atomic E-state index is -0.729. The third-order valence-electron chi connectivity index (χ3n) is 4.95. The van der Waals surface area contributed by atoms with Crippen LogP contribution in [0.15, 0.2) is 48.5 Å². The van der Waals surface area contributed by atoms with E-state index in [1.54, 1.807) is 0 Å². The standard InChI is InChI=1S/C23H24N2O5/c1-3-4-12-25-21(27)18-11-10-17(13-19(18)22(25)28)23(29)30-14-20(26)24-15(2)16-8-6-5-7-9-16/h5-11,13,15H,3-4,12,14H2,1-2H3,(H,24,26)/t15-/m1/s1. The maximum absolute atomic E-state index is 12.5. The predicted octanol–water partition coefficient (Wildman–Crippen LogP) is 3.12. The van der Waals surface area contributed by atoms with Crippen molar-refractivity contribution in [3.8, 4) is 0 Å². The first-order valence-corrected chi connectivity index (χ1v) is 9.94. The predicted molar refractivity (Wildman–Crippen MR) is 110 cm³/mol. The molecule has 0 unspecified atom stereocenters. The molecule has 0 radical (unpaired) electrons. The molecule has 7 heteroatoms. The Morgan fingerprint density at radius 3 is 2.43 bits per heavy atom. The molecule has 1 aliphatic heterocycles. The monoisotopic (exact) mass is 408 g/mol. The highest BCUT2D eigenvalue weighted by atomic mass is 16.5. The zero-order valence-corrected chi connectivity index (χ0v) is 17.0. The lowest BCUT2D eigenvalue weighted by atomic mass is 10.1. The van der Waals surface area contributed by atoms with Crippen LogP contribution >= 0.6 is 0 Å². The Morgan fingerprint density at radius 2 is 1.73 bits per heavy atom. The number of nitrogens with one attached hydrogen (secondary N) is 1. The van der Waals surface area contributed by atoms with Crippen molar-refractivity contribution in [3.05, 3.63) is 70.8 Å². The summed E-state index contributed by atoms with van der Waals surface area (Å²) in [5.41, 5.74) is 1.53. The second kappa shape index (κ2) is 9.35. The van der Waals surface area contributed by atoms with Crippen molar-refractivity contribution in [2.45, 2.75) is 32.7 Å². The number of imide groups is 1. The van der Waals surface area contributed by atoms with Crippen molar-refractivity contribution in [1.82, 2.24) is 10.2 Å². The van der Waals surface area contributed by atoms with Gasteiger partial charge in [-0.05, 0) is 37.1 Å². The van der Waals surface area contributed by atoms with Gasteiger partial charge in [-0.1, -0.05) is 43.7 Å². The van der Waals surface area contributed by atoms with E-state index in [4.69, 9.17) is 4.74 Å². The molecule has 0 spiro atoms. The number of rotatable bonds is 8. The molecule has 7 nitrogen and oxygen atoms in total. The van der Waals surface area contributed by atoms with Gasteiger partial charge in [-0.3, -0.25) is 19.3 Å². The van der Waals surface area contributed by atoms with Crippen molar-refractivity contribution in [2.24, 2.45) is 0 Å². The number of unbranched alkanes of at least 4 members (excludes halogenated alkanes) is 1. The number of ether oxygens (including phenoxy) is 1. The van der Waals surface area contributed by atoms with Crippen molar-refractivity contribution in [1.29, 1.82) is 0 Å². The number of fused-ring (bicyclic) bond motifs is 1. The van der Waals surface area contributed by atoms with Crippen LogP contribution < -0.4 is 5.32 Å². The van der Waals surface area contributed by atoms with Crippen LogP contribution in [0.1, 0.15) is 69.4 Å². The van der Waals surface area contributed by atoms with Crippen molar-refractivity contribution >= 4 is 23.7 Å². The molecule has 0 saturated heterocycles. The zero-order chi connectivity index (χ0) is 21.7. The summed E-state index contributed by atoms with van der Waals surface area (Å²) < 4.78 is 5.08. The second-order valence-electron chi connectivity index (χ2n) is 7.15. The van der Waals surface area contributed by atoms with Gasteiger partial charge >= 0.3 is 5.97 Å². The van der Waals surface area contributed by atoms with Crippen LogP contribution in [0.3, 0.4) is 0 Å². The summed E-state index contributed by atoms with van der Waals surface area (Å²) in [6.07, 6.45) is 1.58. The van der Waals surface area contributed by atoms with Gasteiger partial charge in [0.2, 0.25) is 0 Å². The number of nitrogens with zero attached hydrogens (tertiary/aromatic N) is 1. The summed E-state index contributed by atoms with van der Waals surface area (Å²) in [5.74, 6) is -1.92. The van der Waals surface area contributed by atoms with E-state index in [9.17, 15) is 19.2 Å². The third-order valence-corrected chi connectivity index (χ3v) is 4.95. The summed E-state index contributed by atoms with van der Waals surface area (Å²) >= 11 is 0. The van der Waals surface area contributed by atoms with Gasteiger partial charge in [-0.15, -0.1) is 0 Å². The molecular formula is C23H24N2O5. The molecule has 1 N–H and O–H groups in total. The van der Waals surface area contributed by atoms with E-state index < -0.39 is 24.4 Å². The quantitative estimate of drug-likeness (QED) is 0.535. The maximum atomic E-state index is 12.5. The Hall–Kier alpha value is -3.48. The second-order valence-corrected chi connectivity index (χ2v) is 7.15. The Morgan fingerprint density at radius 1 is 1.03 bits per heavy atom. The number of benzene rings is 2. The van der Waals surface area contributed by atoms with E-state index in [2.05, 4.69) is 5.32 Å². The highest BCUT2D eigenvalue weighted by Gasteiger charge is 2.35. The maximum Gasteiger partial charge on any atom is 0.338 e. The first-order chi connectivity index (χ1) is 14.4. The first kappa shape index (κ1) is 21.2. The van der Waals surface area contributed by atoms with Gasteiger partial charge in [-0.25, -0.2) is 4.79 Å². The molecule has 0 aromatic heterocycles. The molecule has 0 bridgehead atoms. The fourth-order valence-corrected chi connectivity index (χ4v) is 3.26. The average Bonchev–Trinajstić information content (AvgIpc) is 3.00. The van der Waals surface area contributed by atoms with E-state index in [0.29, 0.717) is 6.54 Å². The normalized spacial score (nSPS) is 13.7. The fourth-order valence-electron chi connectivity index (χ4n) is 3.26. The third kappa shape index (κ3) is 4.56. The van der Waals surface area contributed by atoms with Crippen LogP contribution in [-0.2, 0) is 9.53 Å². The zero-order valence-electron chi connectivity index (χ0n) is 17.0. The van der Waals surface area contributed by atoms with Crippen molar-refractivity contribution in [2.75, 3.05) is 13.2 Å². The Bertz CT molecular complexity index is 971. The number of carbonyl (C=O) groups excluding carboxylic acids is 4. The first-order valence-electron chi connectivity index (χ1n) is 9.94. The van der Waals surface area contributed by atoms with Gasteiger partial charge in [0.25, 0.3) is 17.7 Å². The van der Waals surface area contributed by atoms with Gasteiger partial charge in [0.15, 0.2) is 6.61 Å². The molecule has 30 heavy (non-hydrogen) atoms. The molecule has 2 aromatic rings. The lowest BCUT2D eigenvalue weighted by Crippen LogP contribution is -2.31. The van der Waals surface area contributed by atoms with E-state index in [1.807, 2.05) is 44.2 Å².